The minimum Gasteiger partial charge on any atom is -0.354 e. The van der Waals surface area contributed by atoms with Gasteiger partial charge in [0.1, 0.15) is 5.82 Å². The van der Waals surface area contributed by atoms with Crippen molar-refractivity contribution in [2.75, 3.05) is 13.1 Å². The van der Waals surface area contributed by atoms with Crippen LogP contribution in [0.2, 0.25) is 5.02 Å². The van der Waals surface area contributed by atoms with Crippen LogP contribution in [0.1, 0.15) is 30.4 Å². The Labute approximate surface area is 174 Å². The fourth-order valence-electron chi connectivity index (χ4n) is 3.44. The van der Waals surface area contributed by atoms with E-state index in [-0.39, 0.29) is 36.3 Å². The van der Waals surface area contributed by atoms with E-state index in [9.17, 15) is 14.0 Å². The summed E-state index contributed by atoms with van der Waals surface area (Å²) >= 11 is 5.93. The van der Waals surface area contributed by atoms with Crippen LogP contribution in [-0.4, -0.2) is 41.6 Å². The molecule has 1 heterocycles. The van der Waals surface area contributed by atoms with Gasteiger partial charge in [-0.15, -0.1) is 0 Å². The normalized spacial score (nSPS) is 14.7. The Hall–Kier alpha value is -2.73. The van der Waals surface area contributed by atoms with Crippen molar-refractivity contribution in [3.05, 3.63) is 70.5 Å². The second-order valence-corrected chi connectivity index (χ2v) is 7.50. The Morgan fingerprint density at radius 1 is 1.24 bits per heavy atom. The molecule has 1 unspecified atom stereocenters. The summed E-state index contributed by atoms with van der Waals surface area (Å²) in [5, 5.41) is 12.0. The smallest absolute Gasteiger partial charge is 0.223 e. The molecule has 5 nitrogen and oxygen atoms in total. The number of amides is 2. The van der Waals surface area contributed by atoms with E-state index in [1.165, 1.54) is 12.1 Å². The first-order chi connectivity index (χ1) is 13.9. The largest absolute Gasteiger partial charge is 0.354 e. The number of likely N-dealkylation sites (tertiary alicyclic amines) is 1. The molecule has 0 saturated carbocycles. The summed E-state index contributed by atoms with van der Waals surface area (Å²) in [4.78, 5) is 26.2. The molecule has 1 aliphatic rings. The highest BCUT2D eigenvalue weighted by molar-refractivity contribution is 6.30. The fraction of sp³-hybridized carbons (Fsp3) is 0.318. The maximum Gasteiger partial charge on any atom is 0.223 e. The minimum atomic E-state index is -0.538. The average Bonchev–Trinajstić information content (AvgIpc) is 3.13. The molecule has 1 saturated heterocycles. The van der Waals surface area contributed by atoms with Crippen LogP contribution in [-0.2, 0) is 16.0 Å². The number of carbonyl (C=O) groups excluding carboxylic acids is 2. The zero-order valence-electron chi connectivity index (χ0n) is 16.0. The lowest BCUT2D eigenvalue weighted by Crippen LogP contribution is -2.49. The molecular formula is C22H23ClFN3O2. The maximum absolute atomic E-state index is 13.3. The van der Waals surface area contributed by atoms with E-state index in [1.807, 2.05) is 0 Å². The first-order valence-electron chi connectivity index (χ1n) is 9.59. The van der Waals surface area contributed by atoms with Crippen LogP contribution in [0.3, 0.4) is 0 Å². The van der Waals surface area contributed by atoms with E-state index >= 15 is 0 Å². The van der Waals surface area contributed by atoms with Gasteiger partial charge in [-0.3, -0.25) is 9.59 Å². The highest BCUT2D eigenvalue weighted by Gasteiger charge is 2.31. The Bertz CT molecular complexity index is 901. The number of hydrogen-bond donors (Lipinski definition) is 2. The van der Waals surface area contributed by atoms with E-state index < -0.39 is 6.04 Å². The molecule has 0 bridgehead atoms. The minimum absolute atomic E-state index is 0.0114. The molecule has 0 aliphatic carbocycles. The van der Waals surface area contributed by atoms with Gasteiger partial charge in [0.15, 0.2) is 0 Å². The Kier molecular flexibility index (Phi) is 6.99. The average molecular weight is 416 g/mol. The molecular weight excluding hydrogens is 393 g/mol. The number of aryl methyl sites for hydroxylation is 1. The van der Waals surface area contributed by atoms with Crippen molar-refractivity contribution in [3.63, 3.8) is 0 Å². The number of rotatable bonds is 8. The molecule has 2 amide bonds. The van der Waals surface area contributed by atoms with Crippen molar-refractivity contribution >= 4 is 29.1 Å². The van der Waals surface area contributed by atoms with E-state index in [1.54, 1.807) is 41.3 Å². The monoisotopic (exact) mass is 415 g/mol. The van der Waals surface area contributed by atoms with Gasteiger partial charge in [0.2, 0.25) is 11.8 Å². The highest BCUT2D eigenvalue weighted by Crippen LogP contribution is 2.18. The topological polar surface area (TPSA) is 73.3 Å². The summed E-state index contributed by atoms with van der Waals surface area (Å²) in [6, 6.07) is 12.5. The summed E-state index contributed by atoms with van der Waals surface area (Å²) in [6.07, 6.45) is 1.83. The Morgan fingerprint density at radius 3 is 2.66 bits per heavy atom. The van der Waals surface area contributed by atoms with Crippen LogP contribution in [0.15, 0.2) is 48.5 Å². The van der Waals surface area contributed by atoms with Crippen molar-refractivity contribution in [2.24, 2.45) is 0 Å². The number of nitrogens with one attached hydrogen (secondary N) is 2. The molecule has 2 N–H and O–H groups in total. The summed E-state index contributed by atoms with van der Waals surface area (Å²) in [6.45, 7) is 0.730. The summed E-state index contributed by atoms with van der Waals surface area (Å²) < 4.78 is 13.3. The molecule has 3 rings (SSSR count). The van der Waals surface area contributed by atoms with Gasteiger partial charge in [0, 0.05) is 31.0 Å². The van der Waals surface area contributed by atoms with Crippen LogP contribution in [0, 0.1) is 11.2 Å². The van der Waals surface area contributed by atoms with Gasteiger partial charge in [-0.05, 0) is 48.2 Å². The molecule has 1 atom stereocenters. The first-order valence-corrected chi connectivity index (χ1v) is 9.97. The van der Waals surface area contributed by atoms with Crippen molar-refractivity contribution < 1.29 is 14.0 Å². The van der Waals surface area contributed by atoms with Gasteiger partial charge in [0.25, 0.3) is 0 Å². The quantitative estimate of drug-likeness (QED) is 0.646. The molecule has 2 aromatic carbocycles. The molecule has 0 radical (unpaired) electrons. The van der Waals surface area contributed by atoms with E-state index in [0.717, 1.165) is 12.0 Å². The fourth-order valence-corrected chi connectivity index (χ4v) is 3.56. The summed E-state index contributed by atoms with van der Waals surface area (Å²) in [7, 11) is 0. The van der Waals surface area contributed by atoms with Crippen LogP contribution < -0.4 is 5.32 Å². The number of halogens is 2. The lowest BCUT2D eigenvalue weighted by Gasteiger charge is -2.29. The van der Waals surface area contributed by atoms with Crippen molar-refractivity contribution in [2.45, 2.75) is 31.7 Å². The second kappa shape index (κ2) is 9.65. The van der Waals surface area contributed by atoms with Gasteiger partial charge in [-0.2, -0.15) is 0 Å². The highest BCUT2D eigenvalue weighted by atomic mass is 35.5. The summed E-state index contributed by atoms with van der Waals surface area (Å²) in [5.41, 5.74) is 1.68. The Balaban J connectivity index is 1.63. The molecule has 0 aromatic heterocycles. The van der Waals surface area contributed by atoms with Crippen LogP contribution in [0.25, 0.3) is 0 Å². The van der Waals surface area contributed by atoms with Crippen molar-refractivity contribution in [3.8, 4) is 0 Å². The SMILES string of the molecule is N=C(c1ccc(Cl)cc1)C(CNC(=O)CCc1cccc(F)c1)N1CCCC1=O. The molecule has 152 valence electrons. The van der Waals surface area contributed by atoms with Crippen molar-refractivity contribution in [1.29, 1.82) is 5.41 Å². The zero-order chi connectivity index (χ0) is 20.8. The van der Waals surface area contributed by atoms with Gasteiger partial charge in [-0.25, -0.2) is 4.39 Å². The molecule has 7 heteroatoms. The van der Waals surface area contributed by atoms with Gasteiger partial charge in [0.05, 0.1) is 11.8 Å². The third-order valence-corrected chi connectivity index (χ3v) is 5.25. The van der Waals surface area contributed by atoms with E-state index in [4.69, 9.17) is 17.0 Å². The molecule has 29 heavy (non-hydrogen) atoms. The van der Waals surface area contributed by atoms with Crippen LogP contribution in [0.5, 0.6) is 0 Å². The predicted molar refractivity (Wildman–Crippen MR) is 111 cm³/mol. The van der Waals surface area contributed by atoms with Crippen LogP contribution >= 0.6 is 11.6 Å². The first kappa shape index (κ1) is 21.0. The molecule has 0 spiro atoms. The second-order valence-electron chi connectivity index (χ2n) is 7.06. The van der Waals surface area contributed by atoms with Gasteiger partial charge < -0.3 is 15.6 Å². The third-order valence-electron chi connectivity index (χ3n) is 5.00. The number of benzene rings is 2. The zero-order valence-corrected chi connectivity index (χ0v) is 16.7. The van der Waals surface area contributed by atoms with Gasteiger partial charge >= 0.3 is 0 Å². The molecule has 2 aromatic rings. The Morgan fingerprint density at radius 2 is 2.00 bits per heavy atom. The summed E-state index contributed by atoms with van der Waals surface area (Å²) in [5.74, 6) is -0.538. The number of hydrogen-bond acceptors (Lipinski definition) is 3. The van der Waals surface area contributed by atoms with Crippen LogP contribution in [0.4, 0.5) is 4.39 Å². The number of carbonyl (C=O) groups is 2. The molecule has 1 aliphatic heterocycles. The van der Waals surface area contributed by atoms with E-state index in [2.05, 4.69) is 5.32 Å². The lowest BCUT2D eigenvalue weighted by molar-refractivity contribution is -0.129. The molecule has 1 fully saturated rings. The van der Waals surface area contributed by atoms with Crippen molar-refractivity contribution in [1.82, 2.24) is 10.2 Å². The maximum atomic E-state index is 13.3. The predicted octanol–water partition coefficient (Wildman–Crippen LogP) is 3.59. The number of nitrogens with zero attached hydrogens (tertiary/aromatic N) is 1. The van der Waals surface area contributed by atoms with Gasteiger partial charge in [-0.1, -0.05) is 35.9 Å². The lowest BCUT2D eigenvalue weighted by atomic mass is 10.0. The standard InChI is InChI=1S/C22H23ClFN3O2/c23-17-9-7-16(8-10-17)22(25)19(27-12-2-5-21(27)29)14-26-20(28)11-6-15-3-1-4-18(24)13-15/h1,3-4,7-10,13,19,25H,2,5-6,11-12,14H2,(H,26,28). The van der Waals surface area contributed by atoms with E-state index in [0.29, 0.717) is 30.0 Å². The third kappa shape index (κ3) is 5.64.